The SMILES string of the molecule is Cc1ccc(C2N(c3ccccc3)CCN2c2ccccc2)s1. The van der Waals surface area contributed by atoms with E-state index in [0.717, 1.165) is 13.1 Å². The number of thiophene rings is 1. The van der Waals surface area contributed by atoms with Crippen molar-refractivity contribution in [2.75, 3.05) is 22.9 Å². The number of hydrogen-bond donors (Lipinski definition) is 0. The number of rotatable bonds is 3. The summed E-state index contributed by atoms with van der Waals surface area (Å²) in [5.74, 6) is 0. The molecular weight excluding hydrogens is 300 g/mol. The second kappa shape index (κ2) is 6.09. The standard InChI is InChI=1S/C20H20N2S/c1-16-12-13-19(23-16)20-21(17-8-4-2-5-9-17)14-15-22(20)18-10-6-3-7-11-18/h2-13,20H,14-15H2,1H3. The quantitative estimate of drug-likeness (QED) is 0.664. The molecule has 23 heavy (non-hydrogen) atoms. The molecule has 1 aliphatic heterocycles. The Labute approximate surface area is 141 Å². The molecule has 0 atom stereocenters. The molecule has 0 N–H and O–H groups in total. The monoisotopic (exact) mass is 320 g/mol. The summed E-state index contributed by atoms with van der Waals surface area (Å²) in [7, 11) is 0. The fourth-order valence-electron chi connectivity index (χ4n) is 3.31. The first-order valence-electron chi connectivity index (χ1n) is 8.03. The zero-order valence-corrected chi connectivity index (χ0v) is 14.0. The molecule has 2 heterocycles. The van der Waals surface area contributed by atoms with Gasteiger partial charge in [0.25, 0.3) is 0 Å². The van der Waals surface area contributed by atoms with Crippen LogP contribution in [-0.4, -0.2) is 13.1 Å². The third-order valence-electron chi connectivity index (χ3n) is 4.36. The van der Waals surface area contributed by atoms with Gasteiger partial charge in [-0.15, -0.1) is 11.3 Å². The van der Waals surface area contributed by atoms with Crippen LogP contribution in [0.5, 0.6) is 0 Å². The summed E-state index contributed by atoms with van der Waals surface area (Å²) in [4.78, 5) is 7.80. The average Bonchev–Trinajstić information content (AvgIpc) is 3.22. The average molecular weight is 320 g/mol. The maximum atomic E-state index is 2.51. The third kappa shape index (κ3) is 2.73. The van der Waals surface area contributed by atoms with E-state index in [-0.39, 0.29) is 6.17 Å². The van der Waals surface area contributed by atoms with Crippen LogP contribution < -0.4 is 9.80 Å². The molecule has 2 nitrogen and oxygen atoms in total. The Morgan fingerprint density at radius 3 is 1.70 bits per heavy atom. The minimum atomic E-state index is 0.276. The van der Waals surface area contributed by atoms with Crippen LogP contribution in [0.2, 0.25) is 0 Å². The summed E-state index contributed by atoms with van der Waals surface area (Å²) >= 11 is 1.90. The van der Waals surface area contributed by atoms with Gasteiger partial charge in [-0.25, -0.2) is 0 Å². The number of anilines is 2. The van der Waals surface area contributed by atoms with Gasteiger partial charge in [0.2, 0.25) is 0 Å². The first-order valence-corrected chi connectivity index (χ1v) is 8.84. The first-order chi connectivity index (χ1) is 11.3. The maximum Gasteiger partial charge on any atom is 0.138 e. The molecule has 1 fully saturated rings. The van der Waals surface area contributed by atoms with Crippen molar-refractivity contribution in [1.29, 1.82) is 0 Å². The lowest BCUT2D eigenvalue weighted by atomic mass is 10.2. The summed E-state index contributed by atoms with van der Waals surface area (Å²) in [6.07, 6.45) is 0.276. The van der Waals surface area contributed by atoms with E-state index in [2.05, 4.69) is 89.5 Å². The van der Waals surface area contributed by atoms with Gasteiger partial charge in [0.15, 0.2) is 0 Å². The van der Waals surface area contributed by atoms with E-state index in [4.69, 9.17) is 0 Å². The van der Waals surface area contributed by atoms with Crippen molar-refractivity contribution >= 4 is 22.7 Å². The molecule has 1 aliphatic rings. The van der Waals surface area contributed by atoms with Crippen molar-refractivity contribution in [3.8, 4) is 0 Å². The van der Waals surface area contributed by atoms with E-state index in [1.807, 2.05) is 11.3 Å². The molecule has 116 valence electrons. The molecule has 1 saturated heterocycles. The lowest BCUT2D eigenvalue weighted by molar-refractivity contribution is 0.731. The largest absolute Gasteiger partial charge is 0.345 e. The molecule has 0 amide bonds. The zero-order valence-electron chi connectivity index (χ0n) is 13.2. The van der Waals surface area contributed by atoms with E-state index in [9.17, 15) is 0 Å². The smallest absolute Gasteiger partial charge is 0.138 e. The highest BCUT2D eigenvalue weighted by atomic mass is 32.1. The van der Waals surface area contributed by atoms with Crippen molar-refractivity contribution in [3.63, 3.8) is 0 Å². The van der Waals surface area contributed by atoms with Crippen LogP contribution in [0.4, 0.5) is 11.4 Å². The third-order valence-corrected chi connectivity index (χ3v) is 5.40. The summed E-state index contributed by atoms with van der Waals surface area (Å²) in [5, 5.41) is 0. The minimum absolute atomic E-state index is 0.276. The van der Waals surface area contributed by atoms with Gasteiger partial charge >= 0.3 is 0 Å². The molecule has 0 bridgehead atoms. The van der Waals surface area contributed by atoms with Crippen LogP contribution in [0.25, 0.3) is 0 Å². The molecule has 0 unspecified atom stereocenters. The fraction of sp³-hybridized carbons (Fsp3) is 0.200. The normalized spacial score (nSPS) is 15.3. The Kier molecular flexibility index (Phi) is 3.80. The topological polar surface area (TPSA) is 6.48 Å². The number of hydrogen-bond acceptors (Lipinski definition) is 3. The predicted octanol–water partition coefficient (Wildman–Crippen LogP) is 5.08. The molecule has 4 rings (SSSR count). The van der Waals surface area contributed by atoms with E-state index < -0.39 is 0 Å². The predicted molar refractivity (Wildman–Crippen MR) is 99.4 cm³/mol. The highest BCUT2D eigenvalue weighted by Crippen LogP contribution is 2.39. The number of aryl methyl sites for hydroxylation is 1. The Hall–Kier alpha value is -2.26. The highest BCUT2D eigenvalue weighted by Gasteiger charge is 2.34. The van der Waals surface area contributed by atoms with Gasteiger partial charge in [-0.1, -0.05) is 36.4 Å². The van der Waals surface area contributed by atoms with Crippen LogP contribution in [-0.2, 0) is 0 Å². The van der Waals surface area contributed by atoms with E-state index in [0.29, 0.717) is 0 Å². The van der Waals surface area contributed by atoms with Crippen molar-refractivity contribution < 1.29 is 0 Å². The van der Waals surface area contributed by atoms with Crippen molar-refractivity contribution in [2.45, 2.75) is 13.1 Å². The van der Waals surface area contributed by atoms with Gasteiger partial charge in [0.1, 0.15) is 6.17 Å². The Morgan fingerprint density at radius 2 is 1.26 bits per heavy atom. The van der Waals surface area contributed by atoms with Gasteiger partial charge in [-0.05, 0) is 43.3 Å². The summed E-state index contributed by atoms with van der Waals surface area (Å²) in [6.45, 7) is 4.27. The Bertz CT molecular complexity index is 719. The molecule has 0 spiro atoms. The number of para-hydroxylation sites is 2. The van der Waals surface area contributed by atoms with Crippen LogP contribution in [0.1, 0.15) is 15.9 Å². The van der Waals surface area contributed by atoms with Crippen LogP contribution in [0.3, 0.4) is 0 Å². The van der Waals surface area contributed by atoms with Crippen LogP contribution in [0, 0.1) is 6.92 Å². The van der Waals surface area contributed by atoms with Gasteiger partial charge in [0.05, 0.1) is 0 Å². The van der Waals surface area contributed by atoms with Gasteiger partial charge < -0.3 is 9.80 Å². The maximum absolute atomic E-state index is 2.51. The molecule has 0 aliphatic carbocycles. The van der Waals surface area contributed by atoms with Crippen molar-refractivity contribution in [3.05, 3.63) is 82.6 Å². The molecule has 1 aromatic heterocycles. The van der Waals surface area contributed by atoms with Crippen molar-refractivity contribution in [1.82, 2.24) is 0 Å². The summed E-state index contributed by atoms with van der Waals surface area (Å²) in [6, 6.07) is 26.0. The molecule has 2 aromatic carbocycles. The van der Waals surface area contributed by atoms with Crippen LogP contribution >= 0.6 is 11.3 Å². The molecule has 0 radical (unpaired) electrons. The van der Waals surface area contributed by atoms with Gasteiger partial charge in [-0.3, -0.25) is 0 Å². The fourth-order valence-corrected chi connectivity index (χ4v) is 4.31. The number of nitrogens with zero attached hydrogens (tertiary/aromatic N) is 2. The van der Waals surface area contributed by atoms with Crippen molar-refractivity contribution in [2.24, 2.45) is 0 Å². The van der Waals surface area contributed by atoms with Gasteiger partial charge in [-0.2, -0.15) is 0 Å². The van der Waals surface area contributed by atoms with E-state index >= 15 is 0 Å². The highest BCUT2D eigenvalue weighted by molar-refractivity contribution is 7.12. The second-order valence-corrected chi connectivity index (χ2v) is 7.20. The molecule has 3 heteroatoms. The second-order valence-electron chi connectivity index (χ2n) is 5.88. The first kappa shape index (κ1) is 14.3. The molecular formula is C20H20N2S. The zero-order chi connectivity index (χ0) is 15.6. The van der Waals surface area contributed by atoms with Gasteiger partial charge in [0, 0.05) is 34.2 Å². The van der Waals surface area contributed by atoms with E-state index in [1.165, 1.54) is 21.1 Å². The lowest BCUT2D eigenvalue weighted by Gasteiger charge is -2.32. The Morgan fingerprint density at radius 1 is 0.739 bits per heavy atom. The van der Waals surface area contributed by atoms with Crippen LogP contribution in [0.15, 0.2) is 72.8 Å². The Balaban J connectivity index is 1.76. The summed E-state index contributed by atoms with van der Waals surface area (Å²) < 4.78 is 0. The number of benzene rings is 2. The van der Waals surface area contributed by atoms with E-state index in [1.54, 1.807) is 0 Å². The summed E-state index contributed by atoms with van der Waals surface area (Å²) in [5.41, 5.74) is 2.59. The molecule has 3 aromatic rings. The lowest BCUT2D eigenvalue weighted by Crippen LogP contribution is -2.30. The molecule has 0 saturated carbocycles. The minimum Gasteiger partial charge on any atom is -0.345 e.